The van der Waals surface area contributed by atoms with Crippen molar-refractivity contribution in [2.24, 2.45) is 5.73 Å². The summed E-state index contributed by atoms with van der Waals surface area (Å²) in [6.45, 7) is 3.19. The standard InChI is InChI=1S/C20H18ClF2N3O2/c1-3-5-12(27)26-11-7-4-6-10(8-11)13-14-16(21)9(2)25-19(14)15(20(24)28)18(23)17(13)22/h6,11,25H,4,7-8H2,1-2H3,(H2,24,28)(H,26,27). The Morgan fingerprint density at radius 2 is 2.07 bits per heavy atom. The summed E-state index contributed by atoms with van der Waals surface area (Å²) in [5, 5.41) is 3.16. The summed E-state index contributed by atoms with van der Waals surface area (Å²) >= 11 is 6.34. The van der Waals surface area contributed by atoms with Crippen LogP contribution in [0, 0.1) is 30.4 Å². The normalized spacial score (nSPS) is 16.3. The minimum atomic E-state index is -1.32. The predicted octanol–water partition coefficient (Wildman–Crippen LogP) is 3.58. The van der Waals surface area contributed by atoms with Crippen molar-refractivity contribution in [1.82, 2.24) is 10.3 Å². The molecule has 8 heteroatoms. The van der Waals surface area contributed by atoms with Gasteiger partial charge in [-0.1, -0.05) is 23.6 Å². The van der Waals surface area contributed by atoms with Crippen molar-refractivity contribution >= 4 is 39.9 Å². The van der Waals surface area contributed by atoms with E-state index in [0.29, 0.717) is 24.1 Å². The first-order valence-corrected chi connectivity index (χ1v) is 9.05. The number of carbonyl (C=O) groups is 2. The number of primary amides is 1. The van der Waals surface area contributed by atoms with Crippen LogP contribution < -0.4 is 11.1 Å². The summed E-state index contributed by atoms with van der Waals surface area (Å²) in [7, 11) is 0. The summed E-state index contributed by atoms with van der Waals surface area (Å²) in [6.07, 6.45) is 3.27. The van der Waals surface area contributed by atoms with E-state index in [1.54, 1.807) is 19.9 Å². The topological polar surface area (TPSA) is 88.0 Å². The molecule has 4 N–H and O–H groups in total. The van der Waals surface area contributed by atoms with Gasteiger partial charge in [0.2, 0.25) is 0 Å². The van der Waals surface area contributed by atoms with Crippen molar-refractivity contribution < 1.29 is 18.4 Å². The number of benzene rings is 1. The second-order valence-electron chi connectivity index (χ2n) is 6.61. The first kappa shape index (κ1) is 19.9. The van der Waals surface area contributed by atoms with Gasteiger partial charge in [0.25, 0.3) is 11.8 Å². The number of carbonyl (C=O) groups excluding carboxylic acids is 2. The quantitative estimate of drug-likeness (QED) is 0.681. The van der Waals surface area contributed by atoms with Crippen LogP contribution in [0.1, 0.15) is 47.8 Å². The number of nitrogens with one attached hydrogen (secondary N) is 2. The summed E-state index contributed by atoms with van der Waals surface area (Å²) in [6, 6.07) is -0.277. The molecule has 0 bridgehead atoms. The van der Waals surface area contributed by atoms with Gasteiger partial charge in [-0.2, -0.15) is 0 Å². The van der Waals surface area contributed by atoms with Gasteiger partial charge in [0.15, 0.2) is 11.6 Å². The Hall–Kier alpha value is -2.85. The zero-order chi connectivity index (χ0) is 20.6. The van der Waals surface area contributed by atoms with Gasteiger partial charge in [-0.05, 0) is 44.6 Å². The fourth-order valence-corrected chi connectivity index (χ4v) is 3.80. The SMILES string of the molecule is CC#CC(=O)NC1CCC=C(c2c(F)c(F)c(C(N)=O)c3[nH]c(C)c(Cl)c23)C1. The highest BCUT2D eigenvalue weighted by Gasteiger charge is 2.30. The average Bonchev–Trinajstić information content (AvgIpc) is 2.91. The van der Waals surface area contributed by atoms with Gasteiger partial charge < -0.3 is 16.0 Å². The van der Waals surface area contributed by atoms with Crippen LogP contribution in [-0.2, 0) is 4.79 Å². The third-order valence-electron chi connectivity index (χ3n) is 4.76. The molecule has 2 aromatic rings. The largest absolute Gasteiger partial charge is 0.365 e. The number of hydrogen-bond acceptors (Lipinski definition) is 2. The van der Waals surface area contributed by atoms with Crippen LogP contribution in [0.4, 0.5) is 8.78 Å². The van der Waals surface area contributed by atoms with Crippen LogP contribution >= 0.6 is 11.6 Å². The number of aromatic amines is 1. The maximum Gasteiger partial charge on any atom is 0.296 e. The minimum Gasteiger partial charge on any atom is -0.365 e. The van der Waals surface area contributed by atoms with E-state index < -0.39 is 29.0 Å². The summed E-state index contributed by atoms with van der Waals surface area (Å²) in [4.78, 5) is 26.3. The molecule has 0 spiro atoms. The molecule has 1 unspecified atom stereocenters. The molecule has 2 amide bonds. The molecule has 3 rings (SSSR count). The average molecular weight is 406 g/mol. The number of halogens is 3. The Morgan fingerprint density at radius 3 is 2.71 bits per heavy atom. The lowest BCUT2D eigenvalue weighted by atomic mass is 9.87. The van der Waals surface area contributed by atoms with Crippen molar-refractivity contribution in [2.75, 3.05) is 0 Å². The summed E-state index contributed by atoms with van der Waals surface area (Å²) in [5.41, 5.74) is 5.70. The van der Waals surface area contributed by atoms with Crippen molar-refractivity contribution in [2.45, 2.75) is 39.2 Å². The number of aromatic nitrogens is 1. The van der Waals surface area contributed by atoms with Crippen LogP contribution in [0.2, 0.25) is 5.02 Å². The number of amides is 2. The molecule has 0 radical (unpaired) electrons. The molecule has 1 aliphatic rings. The molecule has 1 atom stereocenters. The first-order valence-electron chi connectivity index (χ1n) is 8.67. The zero-order valence-electron chi connectivity index (χ0n) is 15.3. The molecule has 0 fully saturated rings. The van der Waals surface area contributed by atoms with E-state index in [4.69, 9.17) is 17.3 Å². The van der Waals surface area contributed by atoms with Gasteiger partial charge in [-0.25, -0.2) is 8.78 Å². The number of H-pyrrole nitrogens is 1. The van der Waals surface area contributed by atoms with Gasteiger partial charge >= 0.3 is 0 Å². The molecule has 0 saturated heterocycles. The molecule has 1 aliphatic carbocycles. The number of hydrogen-bond donors (Lipinski definition) is 3. The first-order chi connectivity index (χ1) is 13.3. The fraction of sp³-hybridized carbons (Fsp3) is 0.300. The minimum absolute atomic E-state index is 0.0209. The van der Waals surface area contributed by atoms with E-state index in [9.17, 15) is 14.0 Å². The fourth-order valence-electron chi connectivity index (χ4n) is 3.57. The Bertz CT molecular complexity index is 1090. The monoisotopic (exact) mass is 405 g/mol. The molecule has 146 valence electrons. The second kappa shape index (κ2) is 7.64. The van der Waals surface area contributed by atoms with E-state index in [1.165, 1.54) is 0 Å². The lowest BCUT2D eigenvalue weighted by Crippen LogP contribution is -2.35. The van der Waals surface area contributed by atoms with Gasteiger partial charge in [-0.15, -0.1) is 0 Å². The maximum atomic E-state index is 15.0. The third-order valence-corrected chi connectivity index (χ3v) is 5.23. The second-order valence-corrected chi connectivity index (χ2v) is 6.99. The Kier molecular flexibility index (Phi) is 5.43. The smallest absolute Gasteiger partial charge is 0.296 e. The van der Waals surface area contributed by atoms with Crippen LogP contribution in [0.25, 0.3) is 16.5 Å². The highest BCUT2D eigenvalue weighted by Crippen LogP contribution is 2.41. The van der Waals surface area contributed by atoms with Crippen LogP contribution in [0.15, 0.2) is 6.08 Å². The van der Waals surface area contributed by atoms with E-state index in [-0.39, 0.29) is 34.0 Å². The molecule has 0 saturated carbocycles. The molecule has 1 aromatic heterocycles. The third kappa shape index (κ3) is 3.36. The number of rotatable bonds is 3. The number of fused-ring (bicyclic) bond motifs is 1. The van der Waals surface area contributed by atoms with Crippen LogP contribution in [-0.4, -0.2) is 22.8 Å². The van der Waals surface area contributed by atoms with E-state index >= 15 is 4.39 Å². The lowest BCUT2D eigenvalue weighted by Gasteiger charge is -2.24. The van der Waals surface area contributed by atoms with Crippen LogP contribution in [0.5, 0.6) is 0 Å². The molecule has 1 heterocycles. The van der Waals surface area contributed by atoms with Crippen LogP contribution in [0.3, 0.4) is 0 Å². The predicted molar refractivity (Wildman–Crippen MR) is 104 cm³/mol. The maximum absolute atomic E-state index is 15.0. The molecule has 0 aliphatic heterocycles. The molecule has 1 aromatic carbocycles. The summed E-state index contributed by atoms with van der Waals surface area (Å²) < 4.78 is 29.7. The van der Waals surface area contributed by atoms with E-state index in [1.807, 2.05) is 0 Å². The number of nitrogens with two attached hydrogens (primary N) is 1. The van der Waals surface area contributed by atoms with E-state index in [2.05, 4.69) is 22.1 Å². The van der Waals surface area contributed by atoms with E-state index in [0.717, 1.165) is 0 Å². The zero-order valence-corrected chi connectivity index (χ0v) is 16.1. The highest BCUT2D eigenvalue weighted by molar-refractivity contribution is 6.37. The van der Waals surface area contributed by atoms with Crippen molar-refractivity contribution in [3.8, 4) is 11.8 Å². The van der Waals surface area contributed by atoms with Gasteiger partial charge in [0.1, 0.15) is 5.56 Å². The van der Waals surface area contributed by atoms with Gasteiger partial charge in [0, 0.05) is 22.7 Å². The van der Waals surface area contributed by atoms with Crippen molar-refractivity contribution in [1.29, 1.82) is 0 Å². The Labute approximate surface area is 165 Å². The molecule has 5 nitrogen and oxygen atoms in total. The lowest BCUT2D eigenvalue weighted by molar-refractivity contribution is -0.116. The molecule has 28 heavy (non-hydrogen) atoms. The van der Waals surface area contributed by atoms with Gasteiger partial charge in [0.05, 0.1) is 10.5 Å². The Morgan fingerprint density at radius 1 is 1.36 bits per heavy atom. The Balaban J connectivity index is 2.15. The van der Waals surface area contributed by atoms with Crippen molar-refractivity contribution in [3.63, 3.8) is 0 Å². The van der Waals surface area contributed by atoms with Crippen molar-refractivity contribution in [3.05, 3.63) is 39.6 Å². The molecular formula is C20H18ClF2N3O2. The number of allylic oxidation sites excluding steroid dienone is 1. The summed E-state index contributed by atoms with van der Waals surface area (Å²) in [5.74, 6) is 0.890. The highest BCUT2D eigenvalue weighted by atomic mass is 35.5. The molecular weight excluding hydrogens is 388 g/mol. The van der Waals surface area contributed by atoms with Gasteiger partial charge in [-0.3, -0.25) is 9.59 Å². The number of aryl methyl sites for hydroxylation is 1.